The highest BCUT2D eigenvalue weighted by Crippen LogP contribution is 2.45. The van der Waals surface area contributed by atoms with Gasteiger partial charge in [-0.1, -0.05) is 0 Å². The average Bonchev–Trinajstić information content (AvgIpc) is 2.61. The Hall–Kier alpha value is -3.55. The van der Waals surface area contributed by atoms with Crippen LogP contribution >= 0.6 is 0 Å². The number of methoxy groups -OCH3 is 2. The molecule has 0 aliphatic heterocycles. The number of hydrogen-bond acceptors (Lipinski definition) is 7. The zero-order valence-corrected chi connectivity index (χ0v) is 14.0. The topological polar surface area (TPSA) is 130 Å². The molecule has 3 rings (SSSR count). The smallest absolute Gasteiger partial charge is 0.339 e. The molecule has 0 bridgehead atoms. The standard InChI is InChI=1S/C18H14O8/c1-6-10(18(23)24)16(21)13-12(14(6)19)15(20)8-4-7(25-2)5-9(26-3)11(8)17(13)22/h4-5,19,21H,1-3H3,(H,23,24). The van der Waals surface area contributed by atoms with Crippen molar-refractivity contribution in [1.82, 2.24) is 0 Å². The van der Waals surface area contributed by atoms with Gasteiger partial charge in [0.15, 0.2) is 5.78 Å². The van der Waals surface area contributed by atoms with Crippen LogP contribution in [0.5, 0.6) is 23.0 Å². The summed E-state index contributed by atoms with van der Waals surface area (Å²) in [4.78, 5) is 37.3. The SMILES string of the molecule is COc1cc(OC)c2c(c1)C(=O)c1c(O)c(C)c(C(=O)O)c(O)c1C2=O. The average molecular weight is 358 g/mol. The van der Waals surface area contributed by atoms with E-state index in [2.05, 4.69) is 0 Å². The Balaban J connectivity index is 2.45. The molecular formula is C18H14O8. The maximum Gasteiger partial charge on any atom is 0.339 e. The Morgan fingerprint density at radius 3 is 2.08 bits per heavy atom. The second kappa shape index (κ2) is 5.76. The van der Waals surface area contributed by atoms with E-state index in [1.807, 2.05) is 0 Å². The number of ketones is 2. The van der Waals surface area contributed by atoms with Crippen LogP contribution in [-0.2, 0) is 0 Å². The number of ether oxygens (including phenoxy) is 2. The number of phenolic OH excluding ortho intramolecular Hbond substituents is 1. The molecular weight excluding hydrogens is 344 g/mol. The van der Waals surface area contributed by atoms with Crippen LogP contribution in [0.1, 0.15) is 47.8 Å². The number of aromatic carboxylic acids is 1. The van der Waals surface area contributed by atoms with Crippen molar-refractivity contribution in [1.29, 1.82) is 0 Å². The van der Waals surface area contributed by atoms with Gasteiger partial charge in [0.1, 0.15) is 28.6 Å². The first-order chi connectivity index (χ1) is 12.2. The summed E-state index contributed by atoms with van der Waals surface area (Å²) in [5, 5.41) is 30.0. The molecule has 0 fully saturated rings. The van der Waals surface area contributed by atoms with Gasteiger partial charge in [-0.2, -0.15) is 0 Å². The summed E-state index contributed by atoms with van der Waals surface area (Å²) < 4.78 is 10.2. The van der Waals surface area contributed by atoms with Crippen molar-refractivity contribution in [2.45, 2.75) is 6.92 Å². The number of rotatable bonds is 3. The van der Waals surface area contributed by atoms with Crippen LogP contribution in [0, 0.1) is 6.92 Å². The van der Waals surface area contributed by atoms with Crippen molar-refractivity contribution in [2.24, 2.45) is 0 Å². The fourth-order valence-corrected chi connectivity index (χ4v) is 3.09. The molecule has 0 unspecified atom stereocenters. The zero-order valence-electron chi connectivity index (χ0n) is 14.0. The largest absolute Gasteiger partial charge is 0.507 e. The molecule has 8 heteroatoms. The predicted molar refractivity (Wildman–Crippen MR) is 87.9 cm³/mol. The molecule has 0 heterocycles. The zero-order chi connectivity index (χ0) is 19.3. The number of carbonyl (C=O) groups excluding carboxylic acids is 2. The molecule has 2 aromatic carbocycles. The molecule has 1 aliphatic carbocycles. The van der Waals surface area contributed by atoms with Crippen LogP contribution < -0.4 is 9.47 Å². The maximum atomic E-state index is 13.0. The summed E-state index contributed by atoms with van der Waals surface area (Å²) in [6.45, 7) is 1.23. The molecule has 134 valence electrons. The Kier molecular flexibility index (Phi) is 3.83. The molecule has 1 aliphatic rings. The first-order valence-electron chi connectivity index (χ1n) is 7.41. The minimum absolute atomic E-state index is 0.0275. The predicted octanol–water partition coefficient (Wildman–Crippen LogP) is 1.90. The Bertz CT molecular complexity index is 1000. The lowest BCUT2D eigenvalue weighted by atomic mass is 9.80. The van der Waals surface area contributed by atoms with Crippen LogP contribution in [-0.4, -0.2) is 47.1 Å². The molecule has 3 N–H and O–H groups in total. The minimum atomic E-state index is -1.54. The first-order valence-corrected chi connectivity index (χ1v) is 7.41. The Morgan fingerprint density at radius 2 is 1.54 bits per heavy atom. The summed E-state index contributed by atoms with van der Waals surface area (Å²) in [5.74, 6) is -4.37. The van der Waals surface area contributed by atoms with Gasteiger partial charge in [-0.3, -0.25) is 9.59 Å². The van der Waals surface area contributed by atoms with E-state index in [-0.39, 0.29) is 28.2 Å². The van der Waals surface area contributed by atoms with E-state index in [0.29, 0.717) is 0 Å². The molecule has 0 radical (unpaired) electrons. The number of phenols is 2. The summed E-state index contributed by atoms with van der Waals surface area (Å²) in [6.07, 6.45) is 0. The number of benzene rings is 2. The second-order valence-electron chi connectivity index (χ2n) is 5.66. The number of carboxylic acids is 1. The van der Waals surface area contributed by atoms with Crippen molar-refractivity contribution in [3.63, 3.8) is 0 Å². The van der Waals surface area contributed by atoms with E-state index >= 15 is 0 Å². The van der Waals surface area contributed by atoms with Gasteiger partial charge in [0.25, 0.3) is 0 Å². The van der Waals surface area contributed by atoms with Gasteiger partial charge in [-0.05, 0) is 13.0 Å². The molecule has 0 atom stereocenters. The highest BCUT2D eigenvalue weighted by Gasteiger charge is 2.40. The van der Waals surface area contributed by atoms with Crippen LogP contribution in [0.15, 0.2) is 12.1 Å². The monoisotopic (exact) mass is 358 g/mol. The van der Waals surface area contributed by atoms with Crippen molar-refractivity contribution in [3.8, 4) is 23.0 Å². The van der Waals surface area contributed by atoms with Crippen LogP contribution in [0.2, 0.25) is 0 Å². The Labute approximate surface area is 147 Å². The third kappa shape index (κ3) is 2.12. The lowest BCUT2D eigenvalue weighted by Crippen LogP contribution is -2.24. The molecule has 0 saturated carbocycles. The summed E-state index contributed by atoms with van der Waals surface area (Å²) in [5.41, 5.74) is -2.08. The molecule has 0 saturated heterocycles. The van der Waals surface area contributed by atoms with Gasteiger partial charge >= 0.3 is 5.97 Å². The van der Waals surface area contributed by atoms with Crippen LogP contribution in [0.25, 0.3) is 0 Å². The number of fused-ring (bicyclic) bond motifs is 2. The van der Waals surface area contributed by atoms with E-state index in [9.17, 15) is 29.7 Å². The van der Waals surface area contributed by atoms with Gasteiger partial charge in [0.05, 0.1) is 30.9 Å². The van der Waals surface area contributed by atoms with Gasteiger partial charge in [-0.25, -0.2) is 4.79 Å². The van der Waals surface area contributed by atoms with Crippen LogP contribution in [0.4, 0.5) is 0 Å². The normalized spacial score (nSPS) is 12.4. The van der Waals surface area contributed by atoms with Crippen LogP contribution in [0.3, 0.4) is 0 Å². The molecule has 26 heavy (non-hydrogen) atoms. The van der Waals surface area contributed by atoms with Gasteiger partial charge < -0.3 is 24.8 Å². The highest BCUT2D eigenvalue weighted by molar-refractivity contribution is 6.32. The number of hydrogen-bond donors (Lipinski definition) is 3. The molecule has 2 aromatic rings. The van der Waals surface area contributed by atoms with Gasteiger partial charge in [0.2, 0.25) is 5.78 Å². The molecule has 8 nitrogen and oxygen atoms in total. The molecule has 0 amide bonds. The fourth-order valence-electron chi connectivity index (χ4n) is 3.09. The Morgan fingerprint density at radius 1 is 0.923 bits per heavy atom. The number of carboxylic acid groups (broad SMARTS) is 1. The highest BCUT2D eigenvalue weighted by atomic mass is 16.5. The van der Waals surface area contributed by atoms with E-state index in [0.717, 1.165) is 0 Å². The fraction of sp³-hybridized carbons (Fsp3) is 0.167. The lowest BCUT2D eigenvalue weighted by molar-refractivity contribution is 0.0691. The van der Waals surface area contributed by atoms with E-state index in [1.165, 1.54) is 33.3 Å². The number of aromatic hydroxyl groups is 2. The van der Waals surface area contributed by atoms with Crippen molar-refractivity contribution < 1.29 is 39.2 Å². The van der Waals surface area contributed by atoms with Gasteiger partial charge in [-0.15, -0.1) is 0 Å². The molecule has 0 aromatic heterocycles. The van der Waals surface area contributed by atoms with E-state index in [4.69, 9.17) is 9.47 Å². The van der Waals surface area contributed by atoms with E-state index < -0.39 is 45.7 Å². The molecule has 0 spiro atoms. The van der Waals surface area contributed by atoms with Crippen molar-refractivity contribution in [3.05, 3.63) is 45.5 Å². The third-order valence-electron chi connectivity index (χ3n) is 4.36. The summed E-state index contributed by atoms with van der Waals surface area (Å²) in [7, 11) is 2.66. The minimum Gasteiger partial charge on any atom is -0.507 e. The van der Waals surface area contributed by atoms with Gasteiger partial charge in [0, 0.05) is 17.2 Å². The third-order valence-corrected chi connectivity index (χ3v) is 4.36. The maximum absolute atomic E-state index is 13.0. The van der Waals surface area contributed by atoms with Crippen molar-refractivity contribution >= 4 is 17.5 Å². The summed E-state index contributed by atoms with van der Waals surface area (Å²) >= 11 is 0. The quantitative estimate of drug-likeness (QED) is 0.605. The number of carbonyl (C=O) groups is 3. The first kappa shape index (κ1) is 17.3. The lowest BCUT2D eigenvalue weighted by Gasteiger charge is -2.23. The second-order valence-corrected chi connectivity index (χ2v) is 5.66. The summed E-state index contributed by atoms with van der Waals surface area (Å²) in [6, 6.07) is 2.70. The van der Waals surface area contributed by atoms with Crippen molar-refractivity contribution in [2.75, 3.05) is 14.2 Å². The van der Waals surface area contributed by atoms with E-state index in [1.54, 1.807) is 0 Å².